The molecule has 0 N–H and O–H groups in total. The van der Waals surface area contributed by atoms with E-state index in [0.717, 1.165) is 18.4 Å². The van der Waals surface area contributed by atoms with Crippen molar-refractivity contribution in [2.45, 2.75) is 50.2 Å². The van der Waals surface area contributed by atoms with Crippen LogP contribution in [0.1, 0.15) is 42.6 Å². The second-order valence-electron chi connectivity index (χ2n) is 8.10. The topological polar surface area (TPSA) is 76.1 Å². The van der Waals surface area contributed by atoms with Crippen LogP contribution in [0.25, 0.3) is 0 Å². The maximum absolute atomic E-state index is 13.5. The van der Waals surface area contributed by atoms with Gasteiger partial charge in [0.1, 0.15) is 11.5 Å². The number of amides is 1. The van der Waals surface area contributed by atoms with E-state index in [0.29, 0.717) is 18.0 Å². The van der Waals surface area contributed by atoms with Gasteiger partial charge in [-0.1, -0.05) is 11.6 Å². The van der Waals surface area contributed by atoms with Crippen LogP contribution in [0, 0.1) is 0 Å². The second-order valence-corrected chi connectivity index (χ2v) is 10.5. The van der Waals surface area contributed by atoms with Gasteiger partial charge in [0.05, 0.1) is 36.2 Å². The summed E-state index contributed by atoms with van der Waals surface area (Å²) in [6, 6.07) is 9.53. The molecule has 1 fully saturated rings. The Labute approximate surface area is 194 Å². The van der Waals surface area contributed by atoms with Crippen molar-refractivity contribution in [1.82, 2.24) is 9.21 Å². The maximum Gasteiger partial charge on any atom is 0.255 e. The van der Waals surface area contributed by atoms with Gasteiger partial charge in [0.2, 0.25) is 10.0 Å². The molecule has 0 radical (unpaired) electrons. The first kappa shape index (κ1) is 24.4. The summed E-state index contributed by atoms with van der Waals surface area (Å²) in [6.45, 7) is 3.87. The minimum Gasteiger partial charge on any atom is -0.497 e. The van der Waals surface area contributed by atoms with Gasteiger partial charge in [-0.2, -0.15) is 4.31 Å². The van der Waals surface area contributed by atoms with Crippen molar-refractivity contribution < 1.29 is 22.7 Å². The average molecular weight is 481 g/mol. The van der Waals surface area contributed by atoms with Crippen LogP contribution in [0.5, 0.6) is 11.5 Å². The number of halogens is 1. The van der Waals surface area contributed by atoms with Gasteiger partial charge in [-0.15, -0.1) is 0 Å². The number of carbonyl (C=O) groups excluding carboxylic acids is 1. The molecular weight excluding hydrogens is 452 g/mol. The Bertz CT molecular complexity index is 1100. The largest absolute Gasteiger partial charge is 0.497 e. The van der Waals surface area contributed by atoms with Crippen LogP contribution >= 0.6 is 11.6 Å². The molecule has 1 aliphatic carbocycles. The molecule has 0 spiro atoms. The van der Waals surface area contributed by atoms with Crippen molar-refractivity contribution in [3.63, 3.8) is 0 Å². The van der Waals surface area contributed by atoms with Gasteiger partial charge in [0.15, 0.2) is 0 Å². The lowest BCUT2D eigenvalue weighted by atomic mass is 10.1. The molecule has 32 heavy (non-hydrogen) atoms. The summed E-state index contributed by atoms with van der Waals surface area (Å²) in [4.78, 5) is 15.3. The molecule has 0 atom stereocenters. The Morgan fingerprint density at radius 2 is 1.81 bits per heavy atom. The van der Waals surface area contributed by atoms with Gasteiger partial charge in [0, 0.05) is 24.7 Å². The Morgan fingerprint density at radius 3 is 2.38 bits per heavy atom. The number of nitrogens with zero attached hydrogens (tertiary/aromatic N) is 2. The highest BCUT2D eigenvalue weighted by molar-refractivity contribution is 7.89. The van der Waals surface area contributed by atoms with Crippen molar-refractivity contribution in [2.24, 2.45) is 0 Å². The molecule has 0 heterocycles. The molecule has 1 amide bonds. The first-order valence-corrected chi connectivity index (χ1v) is 12.2. The lowest BCUT2D eigenvalue weighted by Gasteiger charge is -2.25. The van der Waals surface area contributed by atoms with E-state index < -0.39 is 10.0 Å². The van der Waals surface area contributed by atoms with Crippen LogP contribution in [-0.4, -0.2) is 56.9 Å². The van der Waals surface area contributed by atoms with E-state index in [-0.39, 0.29) is 33.5 Å². The smallest absolute Gasteiger partial charge is 0.255 e. The third-order valence-electron chi connectivity index (χ3n) is 5.65. The predicted molar refractivity (Wildman–Crippen MR) is 124 cm³/mol. The average Bonchev–Trinajstić information content (AvgIpc) is 3.61. The van der Waals surface area contributed by atoms with E-state index in [4.69, 9.17) is 21.1 Å². The van der Waals surface area contributed by atoms with E-state index >= 15 is 0 Å². The fourth-order valence-corrected chi connectivity index (χ4v) is 4.96. The van der Waals surface area contributed by atoms with Crippen LogP contribution in [0.15, 0.2) is 41.3 Å². The van der Waals surface area contributed by atoms with Crippen molar-refractivity contribution >= 4 is 27.5 Å². The number of hydrogen-bond acceptors (Lipinski definition) is 5. The quantitative estimate of drug-likeness (QED) is 0.538. The molecule has 1 saturated carbocycles. The molecule has 0 aliphatic heterocycles. The van der Waals surface area contributed by atoms with Crippen molar-refractivity contribution in [3.8, 4) is 11.5 Å². The molecule has 2 aromatic rings. The molecule has 9 heteroatoms. The van der Waals surface area contributed by atoms with E-state index in [1.54, 1.807) is 45.1 Å². The number of sulfonamides is 1. The van der Waals surface area contributed by atoms with Crippen LogP contribution in [0.3, 0.4) is 0 Å². The van der Waals surface area contributed by atoms with E-state index in [1.807, 2.05) is 6.07 Å². The first-order chi connectivity index (χ1) is 15.1. The lowest BCUT2D eigenvalue weighted by molar-refractivity contribution is 0.0728. The molecule has 0 bridgehead atoms. The van der Waals surface area contributed by atoms with E-state index in [2.05, 4.69) is 0 Å². The first-order valence-electron chi connectivity index (χ1n) is 10.4. The number of rotatable bonds is 9. The van der Waals surface area contributed by atoms with Gasteiger partial charge < -0.3 is 14.4 Å². The molecule has 2 aromatic carbocycles. The highest BCUT2D eigenvalue weighted by atomic mass is 35.5. The van der Waals surface area contributed by atoms with Gasteiger partial charge in [-0.25, -0.2) is 8.42 Å². The van der Waals surface area contributed by atoms with Gasteiger partial charge in [-0.05, 0) is 63.1 Å². The third-order valence-corrected chi connectivity index (χ3v) is 8.01. The van der Waals surface area contributed by atoms with Crippen molar-refractivity contribution in [2.75, 3.05) is 21.3 Å². The fourth-order valence-electron chi connectivity index (χ4n) is 3.37. The lowest BCUT2D eigenvalue weighted by Crippen LogP contribution is -2.34. The zero-order valence-corrected chi connectivity index (χ0v) is 20.5. The summed E-state index contributed by atoms with van der Waals surface area (Å²) in [6.07, 6.45) is 1.76. The fraction of sp³-hybridized carbons (Fsp3) is 0.435. The molecular formula is C23H29ClN2O5S. The summed E-state index contributed by atoms with van der Waals surface area (Å²) in [7, 11) is 0.916. The SMILES string of the molecule is COc1ccc(OC)c(CN(C(=O)c2cc(S(=O)(=O)N(C)C(C)C)ccc2Cl)C2CC2)c1. The van der Waals surface area contributed by atoms with Crippen LogP contribution < -0.4 is 9.47 Å². The Morgan fingerprint density at radius 1 is 1.12 bits per heavy atom. The molecule has 0 aromatic heterocycles. The molecule has 3 rings (SSSR count). The Balaban J connectivity index is 1.98. The summed E-state index contributed by atoms with van der Waals surface area (Å²) in [5.41, 5.74) is 0.963. The third kappa shape index (κ3) is 5.03. The minimum atomic E-state index is -3.75. The van der Waals surface area contributed by atoms with Crippen molar-refractivity contribution in [1.29, 1.82) is 0 Å². The molecule has 0 unspecified atom stereocenters. The minimum absolute atomic E-state index is 0.0381. The van der Waals surface area contributed by atoms with Gasteiger partial charge in [-0.3, -0.25) is 4.79 Å². The summed E-state index contributed by atoms with van der Waals surface area (Å²) >= 11 is 6.36. The normalized spacial score (nSPS) is 14.0. The van der Waals surface area contributed by atoms with Crippen LogP contribution in [-0.2, 0) is 16.6 Å². The number of carbonyl (C=O) groups is 1. The molecule has 7 nitrogen and oxygen atoms in total. The number of ether oxygens (including phenoxy) is 2. The monoisotopic (exact) mass is 480 g/mol. The summed E-state index contributed by atoms with van der Waals surface area (Å²) < 4.78 is 37.9. The molecule has 174 valence electrons. The zero-order chi connectivity index (χ0) is 23.6. The number of methoxy groups -OCH3 is 2. The zero-order valence-electron chi connectivity index (χ0n) is 19.0. The second kappa shape index (κ2) is 9.68. The van der Waals surface area contributed by atoms with Gasteiger partial charge in [0.25, 0.3) is 5.91 Å². The van der Waals surface area contributed by atoms with Gasteiger partial charge >= 0.3 is 0 Å². The van der Waals surface area contributed by atoms with E-state index in [1.165, 1.54) is 29.6 Å². The number of benzene rings is 2. The Hall–Kier alpha value is -2.29. The van der Waals surface area contributed by atoms with Crippen LogP contribution in [0.4, 0.5) is 0 Å². The van der Waals surface area contributed by atoms with Crippen LogP contribution in [0.2, 0.25) is 5.02 Å². The highest BCUT2D eigenvalue weighted by Gasteiger charge is 2.35. The molecule has 1 aliphatic rings. The summed E-state index contributed by atoms with van der Waals surface area (Å²) in [5.74, 6) is 0.990. The number of hydrogen-bond donors (Lipinski definition) is 0. The van der Waals surface area contributed by atoms with E-state index in [9.17, 15) is 13.2 Å². The highest BCUT2D eigenvalue weighted by Crippen LogP contribution is 2.34. The standard InChI is InChI=1S/C23H29ClN2O5S/c1-15(2)25(3)32(28,29)19-9-10-21(24)20(13-19)23(27)26(17-6-7-17)14-16-12-18(30-4)8-11-22(16)31-5/h8-13,15,17H,6-7,14H2,1-5H3. The maximum atomic E-state index is 13.5. The van der Waals surface area contributed by atoms with Crippen molar-refractivity contribution in [3.05, 3.63) is 52.5 Å². The summed E-state index contributed by atoms with van der Waals surface area (Å²) in [5, 5.41) is 0.212. The Kier molecular flexibility index (Phi) is 7.37. The predicted octanol–water partition coefficient (Wildman–Crippen LogP) is 4.19. The molecule has 0 saturated heterocycles.